The van der Waals surface area contributed by atoms with Crippen LogP contribution in [0.2, 0.25) is 0 Å². The highest BCUT2D eigenvalue weighted by Crippen LogP contribution is 2.19. The zero-order chi connectivity index (χ0) is 13.4. The Morgan fingerprint density at radius 2 is 2.16 bits per heavy atom. The highest BCUT2D eigenvalue weighted by Gasteiger charge is 2.18. The summed E-state index contributed by atoms with van der Waals surface area (Å²) in [4.78, 5) is 0. The van der Waals surface area contributed by atoms with Crippen LogP contribution >= 0.6 is 0 Å². The van der Waals surface area contributed by atoms with Gasteiger partial charge in [0.25, 0.3) is 0 Å². The van der Waals surface area contributed by atoms with E-state index in [0.29, 0.717) is 6.54 Å². The minimum atomic E-state index is -0.813. The third kappa shape index (κ3) is 2.26. The number of fused-ring (bicyclic) bond motifs is 1. The zero-order valence-electron chi connectivity index (χ0n) is 10.7. The van der Waals surface area contributed by atoms with Crippen molar-refractivity contribution in [2.45, 2.75) is 26.4 Å². The molecule has 0 unspecified atom stereocenters. The van der Waals surface area contributed by atoms with Crippen LogP contribution in [-0.4, -0.2) is 16.3 Å². The summed E-state index contributed by atoms with van der Waals surface area (Å²) in [6.45, 7) is 4.22. The SMILES string of the molecule is Cc1nn(Cc2ccc(F)c(F)c2)c2c1CNCC2. The first-order chi connectivity index (χ1) is 9.15. The van der Waals surface area contributed by atoms with Crippen LogP contribution in [0.4, 0.5) is 8.78 Å². The van der Waals surface area contributed by atoms with Crippen molar-refractivity contribution in [1.29, 1.82) is 0 Å². The topological polar surface area (TPSA) is 29.9 Å². The molecule has 0 bridgehead atoms. The van der Waals surface area contributed by atoms with Crippen LogP contribution in [0.5, 0.6) is 0 Å². The van der Waals surface area contributed by atoms with Crippen molar-refractivity contribution in [2.75, 3.05) is 6.54 Å². The normalized spacial score (nSPS) is 14.5. The molecule has 1 aromatic heterocycles. The van der Waals surface area contributed by atoms with Gasteiger partial charge in [-0.3, -0.25) is 4.68 Å². The monoisotopic (exact) mass is 263 g/mol. The summed E-state index contributed by atoms with van der Waals surface area (Å²) in [5.74, 6) is -1.62. The molecular weight excluding hydrogens is 248 g/mol. The lowest BCUT2D eigenvalue weighted by molar-refractivity contribution is 0.505. The molecule has 0 saturated carbocycles. The standard InChI is InChI=1S/C14H15F2N3/c1-9-11-7-17-5-4-14(11)19(18-9)8-10-2-3-12(15)13(16)6-10/h2-3,6,17H,4-5,7-8H2,1H3. The van der Waals surface area contributed by atoms with Gasteiger partial charge in [0.2, 0.25) is 0 Å². The van der Waals surface area contributed by atoms with Crippen molar-refractivity contribution in [3.63, 3.8) is 0 Å². The summed E-state index contributed by atoms with van der Waals surface area (Å²) in [5, 5.41) is 7.81. The Hall–Kier alpha value is -1.75. The van der Waals surface area contributed by atoms with E-state index in [0.717, 1.165) is 36.8 Å². The quantitative estimate of drug-likeness (QED) is 0.900. The number of halogens is 2. The second-order valence-electron chi connectivity index (χ2n) is 4.84. The molecule has 0 aliphatic carbocycles. The maximum atomic E-state index is 13.2. The molecule has 1 aliphatic heterocycles. The van der Waals surface area contributed by atoms with E-state index >= 15 is 0 Å². The lowest BCUT2D eigenvalue weighted by Gasteiger charge is -2.15. The van der Waals surface area contributed by atoms with E-state index in [4.69, 9.17) is 0 Å². The second-order valence-corrected chi connectivity index (χ2v) is 4.84. The molecule has 3 rings (SSSR count). The second kappa shape index (κ2) is 4.74. The Bertz CT molecular complexity index is 619. The molecule has 2 aromatic rings. The number of hydrogen-bond acceptors (Lipinski definition) is 2. The van der Waals surface area contributed by atoms with Crippen molar-refractivity contribution in [3.8, 4) is 0 Å². The Morgan fingerprint density at radius 3 is 2.95 bits per heavy atom. The van der Waals surface area contributed by atoms with E-state index < -0.39 is 11.6 Å². The van der Waals surface area contributed by atoms with Gasteiger partial charge in [-0.05, 0) is 24.6 Å². The van der Waals surface area contributed by atoms with Gasteiger partial charge in [-0.25, -0.2) is 8.78 Å². The fraction of sp³-hybridized carbons (Fsp3) is 0.357. The number of benzene rings is 1. The van der Waals surface area contributed by atoms with Crippen molar-refractivity contribution in [1.82, 2.24) is 15.1 Å². The molecule has 0 radical (unpaired) electrons. The van der Waals surface area contributed by atoms with Crippen LogP contribution < -0.4 is 5.32 Å². The zero-order valence-corrected chi connectivity index (χ0v) is 10.7. The molecule has 0 fully saturated rings. The first-order valence-electron chi connectivity index (χ1n) is 6.35. The number of rotatable bonds is 2. The van der Waals surface area contributed by atoms with E-state index in [1.165, 1.54) is 17.3 Å². The van der Waals surface area contributed by atoms with E-state index in [-0.39, 0.29) is 0 Å². The first kappa shape index (κ1) is 12.3. The molecule has 19 heavy (non-hydrogen) atoms. The molecule has 2 heterocycles. The lowest BCUT2D eigenvalue weighted by Crippen LogP contribution is -2.25. The number of aryl methyl sites for hydroxylation is 1. The van der Waals surface area contributed by atoms with Gasteiger partial charge in [0.05, 0.1) is 12.2 Å². The van der Waals surface area contributed by atoms with Gasteiger partial charge in [-0.15, -0.1) is 0 Å². The maximum absolute atomic E-state index is 13.2. The van der Waals surface area contributed by atoms with Crippen LogP contribution in [0.15, 0.2) is 18.2 Å². The van der Waals surface area contributed by atoms with Crippen molar-refractivity contribution in [3.05, 3.63) is 52.3 Å². The van der Waals surface area contributed by atoms with E-state index in [1.54, 1.807) is 6.07 Å². The van der Waals surface area contributed by atoms with Crippen molar-refractivity contribution < 1.29 is 8.78 Å². The number of aromatic nitrogens is 2. The van der Waals surface area contributed by atoms with Crippen LogP contribution in [0, 0.1) is 18.6 Å². The summed E-state index contributed by atoms with van der Waals surface area (Å²) in [7, 11) is 0. The van der Waals surface area contributed by atoms with Gasteiger partial charge in [-0.2, -0.15) is 5.10 Å². The van der Waals surface area contributed by atoms with Gasteiger partial charge in [0.15, 0.2) is 11.6 Å². The molecule has 1 aromatic carbocycles. The van der Waals surface area contributed by atoms with Crippen LogP contribution in [0.3, 0.4) is 0 Å². The molecule has 5 heteroatoms. The fourth-order valence-electron chi connectivity index (χ4n) is 2.54. The molecule has 0 saturated heterocycles. The van der Waals surface area contributed by atoms with Crippen molar-refractivity contribution in [2.24, 2.45) is 0 Å². The minimum absolute atomic E-state index is 0.480. The molecule has 0 spiro atoms. The molecular formula is C14H15F2N3. The van der Waals surface area contributed by atoms with Crippen molar-refractivity contribution >= 4 is 0 Å². The third-order valence-corrected chi connectivity index (χ3v) is 3.52. The summed E-state index contributed by atoms with van der Waals surface area (Å²) in [6.07, 6.45) is 0.917. The van der Waals surface area contributed by atoms with E-state index in [2.05, 4.69) is 10.4 Å². The molecule has 0 amide bonds. The third-order valence-electron chi connectivity index (χ3n) is 3.52. The summed E-state index contributed by atoms with van der Waals surface area (Å²) >= 11 is 0. The molecule has 1 aliphatic rings. The van der Waals surface area contributed by atoms with E-state index in [1.807, 2.05) is 11.6 Å². The fourth-order valence-corrected chi connectivity index (χ4v) is 2.54. The summed E-state index contributed by atoms with van der Waals surface area (Å²) in [6, 6.07) is 4.00. The van der Waals surface area contributed by atoms with Gasteiger partial charge >= 0.3 is 0 Å². The number of hydrogen-bond donors (Lipinski definition) is 1. The number of nitrogens with zero attached hydrogens (tertiary/aromatic N) is 2. The Kier molecular flexibility index (Phi) is 3.06. The van der Waals surface area contributed by atoms with Crippen LogP contribution in [-0.2, 0) is 19.5 Å². The smallest absolute Gasteiger partial charge is 0.159 e. The average Bonchev–Trinajstić information content (AvgIpc) is 2.72. The molecule has 100 valence electrons. The summed E-state index contributed by atoms with van der Waals surface area (Å²) < 4.78 is 28.0. The molecule has 1 N–H and O–H groups in total. The highest BCUT2D eigenvalue weighted by atomic mass is 19.2. The van der Waals surface area contributed by atoms with Gasteiger partial charge in [0.1, 0.15) is 0 Å². The van der Waals surface area contributed by atoms with Gasteiger partial charge in [-0.1, -0.05) is 6.07 Å². The summed E-state index contributed by atoms with van der Waals surface area (Å²) in [5.41, 5.74) is 4.15. The van der Waals surface area contributed by atoms with Crippen LogP contribution in [0.25, 0.3) is 0 Å². The lowest BCUT2D eigenvalue weighted by atomic mass is 10.1. The highest BCUT2D eigenvalue weighted by molar-refractivity contribution is 5.29. The van der Waals surface area contributed by atoms with E-state index in [9.17, 15) is 8.78 Å². The Balaban J connectivity index is 1.93. The minimum Gasteiger partial charge on any atom is -0.312 e. The predicted molar refractivity (Wildman–Crippen MR) is 67.8 cm³/mol. The largest absolute Gasteiger partial charge is 0.312 e. The number of nitrogens with one attached hydrogen (secondary N) is 1. The maximum Gasteiger partial charge on any atom is 0.159 e. The first-order valence-corrected chi connectivity index (χ1v) is 6.35. The molecule has 0 atom stereocenters. The Labute approximate surface area is 110 Å². The predicted octanol–water partition coefficient (Wildman–Crippen LogP) is 2.16. The Morgan fingerprint density at radius 1 is 1.32 bits per heavy atom. The molecule has 3 nitrogen and oxygen atoms in total. The van der Waals surface area contributed by atoms with Gasteiger partial charge < -0.3 is 5.32 Å². The van der Waals surface area contributed by atoms with Gasteiger partial charge in [0, 0.05) is 30.8 Å². The average molecular weight is 263 g/mol. The van der Waals surface area contributed by atoms with Crippen LogP contribution in [0.1, 0.15) is 22.5 Å².